The van der Waals surface area contributed by atoms with Gasteiger partial charge in [-0.25, -0.2) is 9.18 Å². The smallest absolute Gasteiger partial charge is 0.357 e. The lowest BCUT2D eigenvalue weighted by molar-refractivity contribution is 0.0517. The summed E-state index contributed by atoms with van der Waals surface area (Å²) in [4.78, 5) is 15.1. The number of benzene rings is 2. The van der Waals surface area contributed by atoms with Crippen molar-refractivity contribution in [2.45, 2.75) is 6.92 Å². The molecule has 152 valence electrons. The number of aromatic nitrogens is 1. The van der Waals surface area contributed by atoms with Crippen LogP contribution in [0.3, 0.4) is 0 Å². The normalized spacial score (nSPS) is 14.4. The van der Waals surface area contributed by atoms with E-state index in [4.69, 9.17) is 21.1 Å². The Bertz CT molecular complexity index is 1080. The summed E-state index contributed by atoms with van der Waals surface area (Å²) in [7, 11) is 0. The van der Waals surface area contributed by atoms with Gasteiger partial charge in [-0.3, -0.25) is 0 Å². The van der Waals surface area contributed by atoms with Gasteiger partial charge in [0.1, 0.15) is 5.82 Å². The molecule has 1 aromatic heterocycles. The lowest BCUT2D eigenvalue weighted by Crippen LogP contribution is -2.37. The first-order valence-corrected chi connectivity index (χ1v) is 10.5. The van der Waals surface area contributed by atoms with Crippen LogP contribution in [0.2, 0.25) is 5.02 Å². The van der Waals surface area contributed by atoms with Gasteiger partial charge in [0.15, 0.2) is 5.69 Å². The van der Waals surface area contributed by atoms with Crippen molar-refractivity contribution in [2.24, 2.45) is 0 Å². The molecule has 1 saturated heterocycles. The van der Waals surface area contributed by atoms with Crippen LogP contribution in [0, 0.1) is 5.82 Å². The number of hydrogen-bond donors (Lipinski definition) is 0. The lowest BCUT2D eigenvalue weighted by Gasteiger charge is -2.29. The zero-order valence-electron chi connectivity index (χ0n) is 15.8. The summed E-state index contributed by atoms with van der Waals surface area (Å²) in [5.74, 6) is -1.02. The Balaban J connectivity index is 2.11. The van der Waals surface area contributed by atoms with Crippen molar-refractivity contribution < 1.29 is 18.7 Å². The average molecular weight is 482 g/mol. The van der Waals surface area contributed by atoms with Gasteiger partial charge < -0.3 is 18.9 Å². The van der Waals surface area contributed by atoms with Crippen LogP contribution >= 0.6 is 27.5 Å². The Morgan fingerprint density at radius 1 is 1.28 bits per heavy atom. The Morgan fingerprint density at radius 2 is 2.03 bits per heavy atom. The summed E-state index contributed by atoms with van der Waals surface area (Å²) in [6, 6.07) is 10.5. The molecule has 0 bridgehead atoms. The summed E-state index contributed by atoms with van der Waals surface area (Å²) >= 11 is 9.91. The van der Waals surface area contributed by atoms with Gasteiger partial charge in [-0.15, -0.1) is 0 Å². The van der Waals surface area contributed by atoms with Gasteiger partial charge in [0, 0.05) is 28.6 Å². The van der Waals surface area contributed by atoms with E-state index in [1.165, 1.54) is 6.07 Å². The van der Waals surface area contributed by atoms with Crippen molar-refractivity contribution in [2.75, 3.05) is 37.8 Å². The van der Waals surface area contributed by atoms with Crippen LogP contribution in [-0.2, 0) is 9.47 Å². The van der Waals surface area contributed by atoms with Crippen molar-refractivity contribution in [3.8, 4) is 5.69 Å². The predicted octanol–water partition coefficient (Wildman–Crippen LogP) is 5.20. The fourth-order valence-corrected chi connectivity index (χ4v) is 4.30. The Kier molecular flexibility index (Phi) is 5.81. The molecule has 3 aromatic rings. The number of halogens is 3. The molecule has 2 heterocycles. The molecule has 0 atom stereocenters. The van der Waals surface area contributed by atoms with E-state index in [2.05, 4.69) is 15.9 Å². The number of carbonyl (C=O) groups is 1. The second-order valence-corrected chi connectivity index (χ2v) is 7.88. The number of esters is 1. The molecule has 29 heavy (non-hydrogen) atoms. The molecule has 5 nitrogen and oxygen atoms in total. The van der Waals surface area contributed by atoms with E-state index in [0.717, 1.165) is 10.2 Å². The van der Waals surface area contributed by atoms with Gasteiger partial charge in [-0.05, 0) is 37.3 Å². The van der Waals surface area contributed by atoms with Crippen LogP contribution in [0.25, 0.3) is 16.6 Å². The topological polar surface area (TPSA) is 43.7 Å². The minimum absolute atomic E-state index is 0.0108. The molecule has 0 saturated carbocycles. The van der Waals surface area contributed by atoms with Crippen molar-refractivity contribution in [1.82, 2.24) is 4.57 Å². The number of carbonyl (C=O) groups excluding carboxylic acids is 1. The maximum atomic E-state index is 14.4. The first-order valence-electron chi connectivity index (χ1n) is 9.31. The van der Waals surface area contributed by atoms with E-state index < -0.39 is 11.8 Å². The molecule has 1 aliphatic heterocycles. The predicted molar refractivity (Wildman–Crippen MR) is 115 cm³/mol. The fraction of sp³-hybridized carbons (Fsp3) is 0.286. The minimum Gasteiger partial charge on any atom is -0.461 e. The molecular formula is C21H19BrClFN2O3. The van der Waals surface area contributed by atoms with Crippen LogP contribution in [0.4, 0.5) is 10.1 Å². The van der Waals surface area contributed by atoms with E-state index >= 15 is 0 Å². The molecule has 0 N–H and O–H groups in total. The number of hydrogen-bond acceptors (Lipinski definition) is 4. The molecular weight excluding hydrogens is 463 g/mol. The molecule has 0 spiro atoms. The van der Waals surface area contributed by atoms with E-state index in [1.807, 2.05) is 29.2 Å². The first-order chi connectivity index (χ1) is 14.0. The highest BCUT2D eigenvalue weighted by atomic mass is 79.9. The summed E-state index contributed by atoms with van der Waals surface area (Å²) < 4.78 is 27.9. The summed E-state index contributed by atoms with van der Waals surface area (Å²) in [5, 5.41) is 0.486. The van der Waals surface area contributed by atoms with Crippen molar-refractivity contribution in [3.05, 3.63) is 57.4 Å². The molecule has 0 radical (unpaired) electrons. The molecule has 0 aliphatic carbocycles. The number of fused-ring (bicyclic) bond motifs is 1. The van der Waals surface area contributed by atoms with E-state index in [0.29, 0.717) is 48.6 Å². The summed E-state index contributed by atoms with van der Waals surface area (Å²) in [5.41, 5.74) is 2.29. The highest BCUT2D eigenvalue weighted by Crippen LogP contribution is 2.42. The van der Waals surface area contributed by atoms with Gasteiger partial charge >= 0.3 is 5.97 Å². The fourth-order valence-electron chi connectivity index (χ4n) is 3.66. The maximum absolute atomic E-state index is 14.4. The molecule has 4 rings (SSSR count). The van der Waals surface area contributed by atoms with Crippen molar-refractivity contribution in [3.63, 3.8) is 0 Å². The molecule has 2 aromatic carbocycles. The van der Waals surface area contributed by atoms with Crippen molar-refractivity contribution >= 4 is 50.1 Å². The third kappa shape index (κ3) is 3.63. The highest BCUT2D eigenvalue weighted by Gasteiger charge is 2.31. The standard InChI is InChI=1S/C21H19BrClFN2O3/c1-2-29-21(27)20-19(25-8-10-28-11-9-25)17-16(7-6-15(24)18(17)23)26(20)14-5-3-4-13(22)12-14/h3-7,12H,2,8-11H2,1H3. The number of anilines is 1. The highest BCUT2D eigenvalue weighted by molar-refractivity contribution is 9.10. The van der Waals surface area contributed by atoms with Crippen molar-refractivity contribution in [1.29, 1.82) is 0 Å². The molecule has 1 fully saturated rings. The molecule has 1 aliphatic rings. The second kappa shape index (κ2) is 8.34. The molecule has 8 heteroatoms. The zero-order chi connectivity index (χ0) is 20.5. The summed E-state index contributed by atoms with van der Waals surface area (Å²) in [6.07, 6.45) is 0. The minimum atomic E-state index is -0.532. The van der Waals surface area contributed by atoms with E-state index in [9.17, 15) is 9.18 Å². The first kappa shape index (κ1) is 20.2. The van der Waals surface area contributed by atoms with Crippen LogP contribution in [0.5, 0.6) is 0 Å². The van der Waals surface area contributed by atoms with Crippen LogP contribution in [0.1, 0.15) is 17.4 Å². The lowest BCUT2D eigenvalue weighted by atomic mass is 10.2. The maximum Gasteiger partial charge on any atom is 0.357 e. The number of morpholine rings is 1. The Hall–Kier alpha value is -2.09. The van der Waals surface area contributed by atoms with Gasteiger partial charge in [0.25, 0.3) is 0 Å². The van der Waals surface area contributed by atoms with Crippen LogP contribution < -0.4 is 4.90 Å². The average Bonchev–Trinajstić information content (AvgIpc) is 3.07. The van der Waals surface area contributed by atoms with E-state index in [1.54, 1.807) is 17.6 Å². The third-order valence-corrected chi connectivity index (χ3v) is 5.72. The monoisotopic (exact) mass is 480 g/mol. The number of nitrogens with zero attached hydrogens (tertiary/aromatic N) is 2. The van der Waals surface area contributed by atoms with Gasteiger partial charge in [0.2, 0.25) is 0 Å². The number of ether oxygens (including phenoxy) is 2. The van der Waals surface area contributed by atoms with Gasteiger partial charge in [-0.2, -0.15) is 0 Å². The van der Waals surface area contributed by atoms with Crippen LogP contribution in [-0.4, -0.2) is 43.4 Å². The SMILES string of the molecule is CCOC(=O)c1c(N2CCOCC2)c2c(Cl)c(F)ccc2n1-c1cccc(Br)c1. The number of rotatable bonds is 4. The third-order valence-electron chi connectivity index (χ3n) is 4.86. The van der Waals surface area contributed by atoms with E-state index in [-0.39, 0.29) is 11.6 Å². The summed E-state index contributed by atoms with van der Waals surface area (Å²) in [6.45, 7) is 4.14. The molecule has 0 unspecified atom stereocenters. The largest absolute Gasteiger partial charge is 0.461 e. The Labute approximate surface area is 181 Å². The van der Waals surface area contributed by atoms with Gasteiger partial charge in [0.05, 0.1) is 36.0 Å². The van der Waals surface area contributed by atoms with Gasteiger partial charge in [-0.1, -0.05) is 33.6 Å². The Morgan fingerprint density at radius 3 is 2.72 bits per heavy atom. The molecule has 0 amide bonds. The second-order valence-electron chi connectivity index (χ2n) is 6.59. The quantitative estimate of drug-likeness (QED) is 0.481. The zero-order valence-corrected chi connectivity index (χ0v) is 18.1. The van der Waals surface area contributed by atoms with Crippen LogP contribution in [0.15, 0.2) is 40.9 Å².